The van der Waals surface area contributed by atoms with E-state index >= 15 is 0 Å². The van der Waals surface area contributed by atoms with E-state index in [1.807, 2.05) is 51.1 Å². The number of carbonyl (C=O) groups is 2. The maximum absolute atomic E-state index is 12.4. The highest BCUT2D eigenvalue weighted by molar-refractivity contribution is 5.89. The van der Waals surface area contributed by atoms with E-state index in [0.717, 1.165) is 5.56 Å². The summed E-state index contributed by atoms with van der Waals surface area (Å²) in [6.45, 7) is 6.55. The molecule has 1 aliphatic rings. The van der Waals surface area contributed by atoms with Crippen LogP contribution in [0.1, 0.15) is 44.5 Å². The molecule has 0 unspecified atom stereocenters. The van der Waals surface area contributed by atoms with Gasteiger partial charge < -0.3 is 14.7 Å². The molecule has 1 N–H and O–H groups in total. The molecule has 2 aromatic rings. The molecule has 1 fully saturated rings. The van der Waals surface area contributed by atoms with E-state index in [2.05, 4.69) is 15.5 Å². The van der Waals surface area contributed by atoms with Gasteiger partial charge in [0.1, 0.15) is 0 Å². The Morgan fingerprint density at radius 2 is 2.04 bits per heavy atom. The number of likely N-dealkylation sites (tertiary alicyclic amines) is 1. The zero-order valence-electron chi connectivity index (χ0n) is 15.4. The Bertz CT molecular complexity index is 780. The van der Waals surface area contributed by atoms with Gasteiger partial charge in [-0.05, 0) is 26.3 Å². The Hall–Kier alpha value is -2.70. The fraction of sp³-hybridized carbons (Fsp3) is 0.474. The summed E-state index contributed by atoms with van der Waals surface area (Å²) in [4.78, 5) is 30.5. The summed E-state index contributed by atoms with van der Waals surface area (Å²) in [7, 11) is 0. The molecule has 138 valence electrons. The number of amides is 2. The van der Waals surface area contributed by atoms with E-state index in [1.54, 1.807) is 4.90 Å². The lowest BCUT2D eigenvalue weighted by molar-refractivity contribution is -0.132. The van der Waals surface area contributed by atoms with Crippen LogP contribution in [0.15, 0.2) is 34.9 Å². The highest BCUT2D eigenvalue weighted by Crippen LogP contribution is 2.25. The second kappa shape index (κ2) is 7.27. The fourth-order valence-electron chi connectivity index (χ4n) is 3.05. The van der Waals surface area contributed by atoms with E-state index in [0.29, 0.717) is 24.7 Å². The third-order valence-electron chi connectivity index (χ3n) is 4.43. The van der Waals surface area contributed by atoms with Crippen LogP contribution in [0.3, 0.4) is 0 Å². The molecule has 0 radical (unpaired) electrons. The molecule has 2 amide bonds. The van der Waals surface area contributed by atoms with Gasteiger partial charge in [-0.15, -0.1) is 0 Å². The molecule has 7 nitrogen and oxygen atoms in total. The number of hydrogen-bond acceptors (Lipinski definition) is 5. The van der Waals surface area contributed by atoms with Crippen molar-refractivity contribution in [2.24, 2.45) is 5.92 Å². The lowest BCUT2D eigenvalue weighted by Gasteiger charge is -2.31. The molecule has 0 bridgehead atoms. The van der Waals surface area contributed by atoms with Crippen molar-refractivity contribution in [3.63, 3.8) is 0 Å². The zero-order valence-corrected chi connectivity index (χ0v) is 15.4. The van der Waals surface area contributed by atoms with Gasteiger partial charge in [-0.3, -0.25) is 9.59 Å². The van der Waals surface area contributed by atoms with Crippen LogP contribution in [0.2, 0.25) is 0 Å². The normalized spacial score (nSPS) is 17.6. The first-order valence-corrected chi connectivity index (χ1v) is 8.76. The van der Waals surface area contributed by atoms with Gasteiger partial charge in [-0.25, -0.2) is 0 Å². The second-order valence-electron chi connectivity index (χ2n) is 7.56. The zero-order chi connectivity index (χ0) is 18.7. The van der Waals surface area contributed by atoms with Crippen molar-refractivity contribution in [2.45, 2.75) is 45.7 Å². The van der Waals surface area contributed by atoms with Crippen LogP contribution < -0.4 is 5.32 Å². The van der Waals surface area contributed by atoms with Gasteiger partial charge in [0, 0.05) is 18.5 Å². The summed E-state index contributed by atoms with van der Waals surface area (Å²) in [5.41, 5.74) is 0.810. The minimum atomic E-state index is -0.336. The van der Waals surface area contributed by atoms with Gasteiger partial charge >= 0.3 is 0 Å². The number of carbonyl (C=O) groups excluding carboxylic acids is 2. The van der Waals surface area contributed by atoms with Crippen molar-refractivity contribution in [3.05, 3.63) is 47.6 Å². The van der Waals surface area contributed by atoms with Gasteiger partial charge in [0.15, 0.2) is 5.82 Å². The summed E-state index contributed by atoms with van der Waals surface area (Å²) in [6, 6.07) is 9.84. The molecule has 0 saturated carbocycles. The topological polar surface area (TPSA) is 88.3 Å². The highest BCUT2D eigenvalue weighted by atomic mass is 16.5. The Kier molecular flexibility index (Phi) is 5.06. The lowest BCUT2D eigenvalue weighted by atomic mass is 10.1. The maximum Gasteiger partial charge on any atom is 0.231 e. The molecule has 1 saturated heterocycles. The number of hydrogen-bond donors (Lipinski definition) is 1. The molecule has 1 aliphatic heterocycles. The Labute approximate surface area is 152 Å². The van der Waals surface area contributed by atoms with Crippen molar-refractivity contribution < 1.29 is 14.1 Å². The molecule has 7 heteroatoms. The van der Waals surface area contributed by atoms with Crippen LogP contribution in [0.25, 0.3) is 0 Å². The Morgan fingerprint density at radius 3 is 2.69 bits per heavy atom. The molecule has 0 spiro atoms. The van der Waals surface area contributed by atoms with Crippen LogP contribution in [0.5, 0.6) is 0 Å². The quantitative estimate of drug-likeness (QED) is 0.884. The van der Waals surface area contributed by atoms with Crippen molar-refractivity contribution in [1.82, 2.24) is 20.4 Å². The van der Waals surface area contributed by atoms with E-state index in [4.69, 9.17) is 4.52 Å². The van der Waals surface area contributed by atoms with Crippen LogP contribution >= 0.6 is 0 Å². The largest absolute Gasteiger partial charge is 0.348 e. The summed E-state index contributed by atoms with van der Waals surface area (Å²) in [6.07, 6.45) is 0.800. The third-order valence-corrected chi connectivity index (χ3v) is 4.43. The van der Waals surface area contributed by atoms with Gasteiger partial charge in [0.25, 0.3) is 0 Å². The van der Waals surface area contributed by atoms with Crippen LogP contribution in [-0.4, -0.2) is 38.9 Å². The molecular weight excluding hydrogens is 332 g/mol. The molecule has 3 rings (SSSR count). The molecule has 0 aliphatic carbocycles. The van der Waals surface area contributed by atoms with Crippen molar-refractivity contribution in [3.8, 4) is 0 Å². The molecule has 2 heterocycles. The van der Waals surface area contributed by atoms with Crippen LogP contribution in [0.4, 0.5) is 0 Å². The predicted octanol–water partition coefficient (Wildman–Crippen LogP) is 1.92. The summed E-state index contributed by atoms with van der Waals surface area (Å²) in [5.74, 6) is 0.468. The number of nitrogens with zero attached hydrogens (tertiary/aromatic N) is 3. The lowest BCUT2D eigenvalue weighted by Crippen LogP contribution is -2.43. The van der Waals surface area contributed by atoms with Gasteiger partial charge in [-0.1, -0.05) is 35.5 Å². The number of aromatic nitrogens is 2. The van der Waals surface area contributed by atoms with E-state index in [9.17, 15) is 9.59 Å². The highest BCUT2D eigenvalue weighted by Gasteiger charge is 2.39. The van der Waals surface area contributed by atoms with Gasteiger partial charge in [0.2, 0.25) is 17.7 Å². The average molecular weight is 356 g/mol. The Balaban J connectivity index is 1.52. The maximum atomic E-state index is 12.4. The average Bonchev–Trinajstić information content (AvgIpc) is 3.20. The summed E-state index contributed by atoms with van der Waals surface area (Å²) in [5, 5.41) is 6.71. The van der Waals surface area contributed by atoms with Crippen molar-refractivity contribution >= 4 is 11.8 Å². The van der Waals surface area contributed by atoms with Gasteiger partial charge in [-0.2, -0.15) is 4.98 Å². The first-order chi connectivity index (χ1) is 12.3. The van der Waals surface area contributed by atoms with Crippen LogP contribution in [0, 0.1) is 5.92 Å². The number of nitrogens with one attached hydrogen (secondary N) is 1. The Morgan fingerprint density at radius 1 is 1.31 bits per heavy atom. The smallest absolute Gasteiger partial charge is 0.231 e. The standard InChI is InChI=1S/C19H24N4O3/c1-19(2,3)23-12-14(10-17(23)24)18(25)20-11-15-21-16(26-22-15)9-13-7-5-4-6-8-13/h4-8,14H,9-12H2,1-3H3,(H,20,25)/t14-/m1/s1. The molecular formula is C19H24N4O3. The van der Waals surface area contributed by atoms with Gasteiger partial charge in [0.05, 0.1) is 18.9 Å². The second-order valence-corrected chi connectivity index (χ2v) is 7.56. The van der Waals surface area contributed by atoms with E-state index < -0.39 is 0 Å². The van der Waals surface area contributed by atoms with Crippen LogP contribution in [-0.2, 0) is 22.6 Å². The summed E-state index contributed by atoms with van der Waals surface area (Å²) < 4.78 is 5.23. The third kappa shape index (κ3) is 4.28. The molecule has 1 atom stereocenters. The predicted molar refractivity (Wildman–Crippen MR) is 95.0 cm³/mol. The summed E-state index contributed by atoms with van der Waals surface area (Å²) >= 11 is 0. The molecule has 1 aromatic heterocycles. The van der Waals surface area contributed by atoms with E-state index in [-0.39, 0.29) is 36.2 Å². The molecule has 26 heavy (non-hydrogen) atoms. The van der Waals surface area contributed by atoms with Crippen molar-refractivity contribution in [2.75, 3.05) is 6.54 Å². The minimum absolute atomic E-state index is 0.0161. The molecule has 1 aromatic carbocycles. The fourth-order valence-corrected chi connectivity index (χ4v) is 3.05. The first-order valence-electron chi connectivity index (χ1n) is 8.76. The SMILES string of the molecule is CC(C)(C)N1C[C@H](C(=O)NCc2noc(Cc3ccccc3)n2)CC1=O. The minimum Gasteiger partial charge on any atom is -0.348 e. The number of benzene rings is 1. The monoisotopic (exact) mass is 356 g/mol. The number of rotatable bonds is 5. The van der Waals surface area contributed by atoms with E-state index in [1.165, 1.54) is 0 Å². The first kappa shape index (κ1) is 18.1. The van der Waals surface area contributed by atoms with Crippen molar-refractivity contribution in [1.29, 1.82) is 0 Å².